The van der Waals surface area contributed by atoms with Gasteiger partial charge in [0.25, 0.3) is 5.69 Å². The predicted octanol–water partition coefficient (Wildman–Crippen LogP) is 4.13. The Labute approximate surface area is 118 Å². The molecule has 1 atom stereocenters. The van der Waals surface area contributed by atoms with Crippen LogP contribution in [0.25, 0.3) is 10.8 Å². The number of pyridine rings is 1. The van der Waals surface area contributed by atoms with E-state index in [-0.39, 0.29) is 10.6 Å². The van der Waals surface area contributed by atoms with Gasteiger partial charge in [-0.05, 0) is 25.0 Å². The summed E-state index contributed by atoms with van der Waals surface area (Å²) in [5, 5.41) is 16.0. The molecule has 20 heavy (non-hydrogen) atoms. The molecule has 0 fully saturated rings. The van der Waals surface area contributed by atoms with E-state index in [1.807, 2.05) is 0 Å². The topological polar surface area (TPSA) is 68.1 Å². The van der Waals surface area contributed by atoms with Crippen LogP contribution in [0.15, 0.2) is 30.6 Å². The highest BCUT2D eigenvalue weighted by Crippen LogP contribution is 2.31. The summed E-state index contributed by atoms with van der Waals surface area (Å²) in [6, 6.07) is 5.41. The number of nitro groups is 1. The monoisotopic (exact) mass is 273 g/mol. The molecule has 0 aliphatic rings. The third kappa shape index (κ3) is 2.87. The molecule has 0 spiro atoms. The largest absolute Gasteiger partial charge is 0.382 e. The Hall–Kier alpha value is -2.17. The summed E-state index contributed by atoms with van der Waals surface area (Å²) in [5.41, 5.74) is 1.04. The average molecular weight is 273 g/mol. The first kappa shape index (κ1) is 14.2. The van der Waals surface area contributed by atoms with Gasteiger partial charge in [0, 0.05) is 35.6 Å². The Morgan fingerprint density at radius 2 is 2.10 bits per heavy atom. The molecule has 5 heteroatoms. The molecule has 106 valence electrons. The second-order valence-corrected chi connectivity index (χ2v) is 4.85. The zero-order valence-corrected chi connectivity index (χ0v) is 11.8. The van der Waals surface area contributed by atoms with Crippen LogP contribution in [0.3, 0.4) is 0 Å². The van der Waals surface area contributed by atoms with Gasteiger partial charge >= 0.3 is 0 Å². The maximum absolute atomic E-state index is 11.1. The molecule has 0 aliphatic carbocycles. The molecule has 1 aromatic heterocycles. The number of rotatable bonds is 6. The average Bonchev–Trinajstić information content (AvgIpc) is 2.46. The molecule has 5 nitrogen and oxygen atoms in total. The number of benzene rings is 1. The molecular formula is C15H19N3O2. The molecule has 2 aromatic rings. The fourth-order valence-electron chi connectivity index (χ4n) is 2.41. The summed E-state index contributed by atoms with van der Waals surface area (Å²) < 4.78 is 0. The van der Waals surface area contributed by atoms with Gasteiger partial charge in [-0.25, -0.2) is 0 Å². The van der Waals surface area contributed by atoms with Gasteiger partial charge in [0.15, 0.2) is 0 Å². The van der Waals surface area contributed by atoms with E-state index in [1.54, 1.807) is 30.6 Å². The van der Waals surface area contributed by atoms with E-state index >= 15 is 0 Å². The van der Waals surface area contributed by atoms with Crippen molar-refractivity contribution in [2.75, 3.05) is 5.32 Å². The number of nitrogens with zero attached hydrogens (tertiary/aromatic N) is 2. The van der Waals surface area contributed by atoms with Gasteiger partial charge in [0.05, 0.1) is 10.3 Å². The first-order valence-corrected chi connectivity index (χ1v) is 6.95. The second kappa shape index (κ2) is 6.32. The minimum atomic E-state index is -0.352. The fraction of sp³-hybridized carbons (Fsp3) is 0.400. The Kier molecular flexibility index (Phi) is 4.50. The van der Waals surface area contributed by atoms with Crippen molar-refractivity contribution in [1.29, 1.82) is 0 Å². The van der Waals surface area contributed by atoms with Gasteiger partial charge in [-0.1, -0.05) is 20.3 Å². The maximum Gasteiger partial charge on any atom is 0.277 e. The van der Waals surface area contributed by atoms with Gasteiger partial charge in [0.2, 0.25) is 0 Å². The summed E-state index contributed by atoms with van der Waals surface area (Å²) in [6.45, 7) is 4.29. The lowest BCUT2D eigenvalue weighted by atomic mass is 10.1. The highest BCUT2D eigenvalue weighted by atomic mass is 16.6. The van der Waals surface area contributed by atoms with Gasteiger partial charge in [0.1, 0.15) is 0 Å². The standard InChI is InChI=1S/C15H19N3O2/c1-3-5-11(4-2)17-14-6-7-15(18(19)20)12-8-9-16-10-13(12)14/h6-11,17H,3-5H2,1-2H3. The summed E-state index contributed by atoms with van der Waals surface area (Å²) in [5.74, 6) is 0. The van der Waals surface area contributed by atoms with Crippen LogP contribution in [0.1, 0.15) is 33.1 Å². The molecule has 1 N–H and O–H groups in total. The lowest BCUT2D eigenvalue weighted by Crippen LogP contribution is -2.18. The number of hydrogen-bond acceptors (Lipinski definition) is 4. The minimum absolute atomic E-state index is 0.122. The molecule has 0 aliphatic heterocycles. The maximum atomic E-state index is 11.1. The molecule has 0 saturated heterocycles. The van der Waals surface area contributed by atoms with E-state index in [4.69, 9.17) is 0 Å². The molecule has 2 rings (SSSR count). The first-order chi connectivity index (χ1) is 9.67. The number of fused-ring (bicyclic) bond motifs is 1. The van der Waals surface area contributed by atoms with Crippen LogP contribution in [0.5, 0.6) is 0 Å². The van der Waals surface area contributed by atoms with Crippen molar-refractivity contribution in [2.24, 2.45) is 0 Å². The van der Waals surface area contributed by atoms with Crippen molar-refractivity contribution in [1.82, 2.24) is 4.98 Å². The Bertz CT molecular complexity index is 613. The van der Waals surface area contributed by atoms with Crippen molar-refractivity contribution in [3.05, 3.63) is 40.7 Å². The van der Waals surface area contributed by atoms with E-state index in [0.717, 1.165) is 30.3 Å². The lowest BCUT2D eigenvalue weighted by Gasteiger charge is -2.18. The van der Waals surface area contributed by atoms with Crippen molar-refractivity contribution < 1.29 is 4.92 Å². The molecule has 0 radical (unpaired) electrons. The Morgan fingerprint density at radius 1 is 1.30 bits per heavy atom. The summed E-state index contributed by atoms with van der Waals surface area (Å²) in [7, 11) is 0. The highest BCUT2D eigenvalue weighted by molar-refractivity contribution is 5.99. The van der Waals surface area contributed by atoms with Crippen LogP contribution in [-0.2, 0) is 0 Å². The normalized spacial score (nSPS) is 12.3. The fourth-order valence-corrected chi connectivity index (χ4v) is 2.41. The molecular weight excluding hydrogens is 254 g/mol. The Balaban J connectivity index is 2.45. The molecule has 0 saturated carbocycles. The van der Waals surface area contributed by atoms with Gasteiger partial charge < -0.3 is 5.32 Å². The van der Waals surface area contributed by atoms with Crippen LogP contribution in [0.2, 0.25) is 0 Å². The minimum Gasteiger partial charge on any atom is -0.382 e. The van der Waals surface area contributed by atoms with Crippen molar-refractivity contribution in [3.63, 3.8) is 0 Å². The van der Waals surface area contributed by atoms with Crippen LogP contribution in [0.4, 0.5) is 11.4 Å². The van der Waals surface area contributed by atoms with Crippen LogP contribution < -0.4 is 5.32 Å². The smallest absolute Gasteiger partial charge is 0.277 e. The third-order valence-corrected chi connectivity index (χ3v) is 3.48. The molecule has 1 unspecified atom stereocenters. The van der Waals surface area contributed by atoms with Crippen molar-refractivity contribution in [2.45, 2.75) is 39.2 Å². The van der Waals surface area contributed by atoms with E-state index < -0.39 is 0 Å². The lowest BCUT2D eigenvalue weighted by molar-refractivity contribution is -0.383. The SMILES string of the molecule is CCCC(CC)Nc1ccc([N+](=O)[O-])c2ccncc12. The van der Waals surface area contributed by atoms with Crippen molar-refractivity contribution in [3.8, 4) is 0 Å². The van der Waals surface area contributed by atoms with E-state index in [9.17, 15) is 10.1 Å². The van der Waals surface area contributed by atoms with Crippen LogP contribution >= 0.6 is 0 Å². The van der Waals surface area contributed by atoms with Gasteiger partial charge in [-0.3, -0.25) is 15.1 Å². The molecule has 1 heterocycles. The highest BCUT2D eigenvalue weighted by Gasteiger charge is 2.15. The van der Waals surface area contributed by atoms with E-state index in [0.29, 0.717) is 11.4 Å². The molecule has 0 amide bonds. The summed E-state index contributed by atoms with van der Waals surface area (Å²) >= 11 is 0. The van der Waals surface area contributed by atoms with Gasteiger partial charge in [-0.15, -0.1) is 0 Å². The second-order valence-electron chi connectivity index (χ2n) is 4.85. The quantitative estimate of drug-likeness (QED) is 0.634. The van der Waals surface area contributed by atoms with Crippen LogP contribution in [-0.4, -0.2) is 15.9 Å². The Morgan fingerprint density at radius 3 is 2.75 bits per heavy atom. The first-order valence-electron chi connectivity index (χ1n) is 6.95. The number of aromatic nitrogens is 1. The molecule has 1 aromatic carbocycles. The van der Waals surface area contributed by atoms with Crippen molar-refractivity contribution >= 4 is 22.1 Å². The zero-order chi connectivity index (χ0) is 14.5. The number of nitro benzene ring substituents is 1. The third-order valence-electron chi connectivity index (χ3n) is 3.48. The summed E-state index contributed by atoms with van der Waals surface area (Å²) in [4.78, 5) is 14.8. The number of hydrogen-bond donors (Lipinski definition) is 1. The van der Waals surface area contributed by atoms with Crippen LogP contribution in [0, 0.1) is 10.1 Å². The van der Waals surface area contributed by atoms with E-state index in [1.165, 1.54) is 0 Å². The molecule has 0 bridgehead atoms. The predicted molar refractivity (Wildman–Crippen MR) is 81.0 cm³/mol. The van der Waals surface area contributed by atoms with Gasteiger partial charge in [-0.2, -0.15) is 0 Å². The summed E-state index contributed by atoms with van der Waals surface area (Å²) in [6.07, 6.45) is 6.47. The number of anilines is 1. The zero-order valence-electron chi connectivity index (χ0n) is 11.8. The number of non-ortho nitro benzene ring substituents is 1. The number of nitrogens with one attached hydrogen (secondary N) is 1. The van der Waals surface area contributed by atoms with E-state index in [2.05, 4.69) is 24.1 Å².